The number of rotatable bonds is 3. The smallest absolute Gasteiger partial charge is 0.223 e. The molecule has 4 heteroatoms. The molecule has 1 aliphatic rings. The molecule has 0 saturated carbocycles. The van der Waals surface area contributed by atoms with Gasteiger partial charge in [0, 0.05) is 45.7 Å². The highest BCUT2D eigenvalue weighted by molar-refractivity contribution is 5.76. The van der Waals surface area contributed by atoms with Crippen molar-refractivity contribution in [3.05, 3.63) is 0 Å². The molecule has 0 bridgehead atoms. The molecule has 1 N–H and O–H groups in total. The van der Waals surface area contributed by atoms with E-state index in [9.17, 15) is 4.79 Å². The Kier molecular flexibility index (Phi) is 4.35. The number of hydrogen-bond acceptors (Lipinski definition) is 3. The van der Waals surface area contributed by atoms with Gasteiger partial charge in [0.2, 0.25) is 5.91 Å². The van der Waals surface area contributed by atoms with Crippen molar-refractivity contribution in [3.8, 4) is 0 Å². The number of carbonyl (C=O) groups is 1. The first-order valence-electron chi connectivity index (χ1n) is 5.27. The zero-order chi connectivity index (χ0) is 10.6. The van der Waals surface area contributed by atoms with Gasteiger partial charge >= 0.3 is 0 Å². The van der Waals surface area contributed by atoms with Gasteiger partial charge in [0.1, 0.15) is 0 Å². The fourth-order valence-electron chi connectivity index (χ4n) is 1.81. The number of amides is 1. The van der Waals surface area contributed by atoms with E-state index >= 15 is 0 Å². The van der Waals surface area contributed by atoms with Crippen molar-refractivity contribution in [3.63, 3.8) is 0 Å². The topological polar surface area (TPSA) is 35.6 Å². The minimum atomic E-state index is 0.268. The van der Waals surface area contributed by atoms with Crippen LogP contribution >= 0.6 is 0 Å². The van der Waals surface area contributed by atoms with Crippen molar-refractivity contribution >= 4 is 5.91 Å². The molecule has 0 aromatic carbocycles. The van der Waals surface area contributed by atoms with Crippen LogP contribution in [0.5, 0.6) is 0 Å². The average molecular weight is 199 g/mol. The summed E-state index contributed by atoms with van der Waals surface area (Å²) in [6, 6.07) is 0.513. The van der Waals surface area contributed by atoms with Crippen LogP contribution < -0.4 is 5.32 Å². The summed E-state index contributed by atoms with van der Waals surface area (Å²) in [5, 5.41) is 3.17. The molecule has 4 nitrogen and oxygen atoms in total. The summed E-state index contributed by atoms with van der Waals surface area (Å²) in [5.74, 6) is 0.268. The molecule has 0 radical (unpaired) electrons. The van der Waals surface area contributed by atoms with E-state index in [0.29, 0.717) is 12.5 Å². The van der Waals surface area contributed by atoms with E-state index < -0.39 is 0 Å². The highest BCUT2D eigenvalue weighted by Crippen LogP contribution is 2.06. The second-order valence-corrected chi connectivity index (χ2v) is 4.01. The predicted octanol–water partition coefficient (Wildman–Crippen LogP) is -0.242. The van der Waals surface area contributed by atoms with Gasteiger partial charge in [-0.25, -0.2) is 0 Å². The summed E-state index contributed by atoms with van der Waals surface area (Å²) in [4.78, 5) is 15.6. The Bertz CT molecular complexity index is 196. The van der Waals surface area contributed by atoms with E-state index in [1.54, 1.807) is 0 Å². The van der Waals surface area contributed by atoms with Gasteiger partial charge in [-0.3, -0.25) is 9.69 Å². The maximum atomic E-state index is 11.4. The van der Waals surface area contributed by atoms with E-state index in [4.69, 9.17) is 0 Å². The van der Waals surface area contributed by atoms with Crippen LogP contribution in [0.4, 0.5) is 0 Å². The van der Waals surface area contributed by atoms with Gasteiger partial charge in [-0.15, -0.1) is 0 Å². The molecule has 82 valence electrons. The zero-order valence-corrected chi connectivity index (χ0v) is 9.42. The van der Waals surface area contributed by atoms with Gasteiger partial charge in [0.05, 0.1) is 0 Å². The largest absolute Gasteiger partial charge is 0.344 e. The van der Waals surface area contributed by atoms with Gasteiger partial charge in [0.25, 0.3) is 0 Å². The molecular formula is C10H21N3O. The molecule has 1 saturated heterocycles. The van der Waals surface area contributed by atoms with Crippen LogP contribution in [-0.4, -0.2) is 62.0 Å². The molecule has 1 amide bonds. The first kappa shape index (κ1) is 11.5. The SMILES string of the molecule is CNCC(C)N1CCC(=O)N(C)CC1. The summed E-state index contributed by atoms with van der Waals surface area (Å²) in [7, 11) is 3.85. The third kappa shape index (κ3) is 2.96. The summed E-state index contributed by atoms with van der Waals surface area (Å²) >= 11 is 0. The highest BCUT2D eigenvalue weighted by Gasteiger charge is 2.20. The summed E-state index contributed by atoms with van der Waals surface area (Å²) < 4.78 is 0. The normalized spacial score (nSPS) is 22.2. The van der Waals surface area contributed by atoms with E-state index in [2.05, 4.69) is 17.1 Å². The lowest BCUT2D eigenvalue weighted by Crippen LogP contribution is -2.41. The van der Waals surface area contributed by atoms with Crippen molar-refractivity contribution < 1.29 is 4.79 Å². The predicted molar refractivity (Wildman–Crippen MR) is 57.2 cm³/mol. The molecular weight excluding hydrogens is 178 g/mol. The first-order chi connectivity index (χ1) is 6.65. The number of hydrogen-bond donors (Lipinski definition) is 1. The van der Waals surface area contributed by atoms with Crippen molar-refractivity contribution in [1.82, 2.24) is 15.1 Å². The average Bonchev–Trinajstić information content (AvgIpc) is 2.31. The fraction of sp³-hybridized carbons (Fsp3) is 0.900. The lowest BCUT2D eigenvalue weighted by molar-refractivity contribution is -0.129. The summed E-state index contributed by atoms with van der Waals surface area (Å²) in [6.45, 7) is 5.92. The van der Waals surface area contributed by atoms with Crippen LogP contribution in [0.15, 0.2) is 0 Å². The molecule has 0 spiro atoms. The van der Waals surface area contributed by atoms with Crippen LogP contribution in [0, 0.1) is 0 Å². The molecule has 1 heterocycles. The fourth-order valence-corrected chi connectivity index (χ4v) is 1.81. The molecule has 1 atom stereocenters. The highest BCUT2D eigenvalue weighted by atomic mass is 16.2. The Morgan fingerprint density at radius 2 is 2.14 bits per heavy atom. The number of likely N-dealkylation sites (N-methyl/N-ethyl adjacent to an activating group) is 2. The van der Waals surface area contributed by atoms with Gasteiger partial charge in [0.15, 0.2) is 0 Å². The van der Waals surface area contributed by atoms with Crippen LogP contribution in [0.2, 0.25) is 0 Å². The minimum absolute atomic E-state index is 0.268. The van der Waals surface area contributed by atoms with Gasteiger partial charge < -0.3 is 10.2 Å². The molecule has 1 aliphatic heterocycles. The van der Waals surface area contributed by atoms with Gasteiger partial charge in [-0.05, 0) is 14.0 Å². The maximum absolute atomic E-state index is 11.4. The van der Waals surface area contributed by atoms with Crippen LogP contribution in [0.3, 0.4) is 0 Å². The molecule has 14 heavy (non-hydrogen) atoms. The molecule has 0 aromatic rings. The Morgan fingerprint density at radius 3 is 2.79 bits per heavy atom. The number of nitrogens with one attached hydrogen (secondary N) is 1. The standard InChI is InChI=1S/C10H21N3O/c1-9(8-11-2)13-5-4-10(14)12(3)6-7-13/h9,11H,4-8H2,1-3H3. The third-order valence-corrected chi connectivity index (χ3v) is 2.88. The van der Waals surface area contributed by atoms with Crippen molar-refractivity contribution in [2.24, 2.45) is 0 Å². The van der Waals surface area contributed by atoms with Crippen LogP contribution in [0.1, 0.15) is 13.3 Å². The zero-order valence-electron chi connectivity index (χ0n) is 9.42. The first-order valence-corrected chi connectivity index (χ1v) is 5.27. The summed E-state index contributed by atoms with van der Waals surface area (Å²) in [5.41, 5.74) is 0. The molecule has 0 aliphatic carbocycles. The second kappa shape index (κ2) is 5.32. The van der Waals surface area contributed by atoms with Gasteiger partial charge in [-0.1, -0.05) is 0 Å². The van der Waals surface area contributed by atoms with E-state index in [-0.39, 0.29) is 5.91 Å². The van der Waals surface area contributed by atoms with Crippen molar-refractivity contribution in [2.75, 3.05) is 40.3 Å². The van der Waals surface area contributed by atoms with E-state index in [1.165, 1.54) is 0 Å². The van der Waals surface area contributed by atoms with Crippen molar-refractivity contribution in [2.45, 2.75) is 19.4 Å². The lowest BCUT2D eigenvalue weighted by Gasteiger charge is -2.26. The monoisotopic (exact) mass is 199 g/mol. The second-order valence-electron chi connectivity index (χ2n) is 4.01. The van der Waals surface area contributed by atoms with E-state index in [0.717, 1.165) is 26.2 Å². The Hall–Kier alpha value is -0.610. The number of carbonyl (C=O) groups excluding carboxylic acids is 1. The lowest BCUT2D eigenvalue weighted by atomic mass is 10.2. The molecule has 1 unspecified atom stereocenters. The number of nitrogens with zero attached hydrogens (tertiary/aromatic N) is 2. The van der Waals surface area contributed by atoms with E-state index in [1.807, 2.05) is 19.0 Å². The van der Waals surface area contributed by atoms with Crippen molar-refractivity contribution in [1.29, 1.82) is 0 Å². The molecule has 1 rings (SSSR count). The minimum Gasteiger partial charge on any atom is -0.344 e. The quantitative estimate of drug-likeness (QED) is 0.681. The Morgan fingerprint density at radius 1 is 1.43 bits per heavy atom. The van der Waals surface area contributed by atoms with Gasteiger partial charge in [-0.2, -0.15) is 0 Å². The Labute approximate surface area is 86.2 Å². The Balaban J connectivity index is 2.44. The molecule has 0 aromatic heterocycles. The summed E-state index contributed by atoms with van der Waals surface area (Å²) in [6.07, 6.45) is 0.657. The third-order valence-electron chi connectivity index (χ3n) is 2.88. The van der Waals surface area contributed by atoms with Crippen LogP contribution in [-0.2, 0) is 4.79 Å². The molecule has 1 fully saturated rings. The maximum Gasteiger partial charge on any atom is 0.223 e. The van der Waals surface area contributed by atoms with Crippen LogP contribution in [0.25, 0.3) is 0 Å².